The number of hydrogen-bond acceptors (Lipinski definition) is 3. The zero-order chi connectivity index (χ0) is 16.4. The first kappa shape index (κ1) is 15.7. The van der Waals surface area contributed by atoms with Gasteiger partial charge in [-0.1, -0.05) is 30.0 Å². The van der Waals surface area contributed by atoms with Crippen LogP contribution in [0, 0.1) is 25.5 Å². The summed E-state index contributed by atoms with van der Waals surface area (Å²) in [5, 5.41) is 4.79. The summed E-state index contributed by atoms with van der Waals surface area (Å²) in [6.07, 6.45) is 0. The van der Waals surface area contributed by atoms with Crippen LogP contribution >= 0.6 is 11.8 Å². The van der Waals surface area contributed by atoms with Crippen LogP contribution in [0.2, 0.25) is 0 Å². The SMILES string of the molecule is Cc1cccc(C)c1N=C1NN=C(c2cc(F)ccc2F)CS1. The number of hydrogen-bond donors (Lipinski definition) is 1. The number of rotatable bonds is 2. The zero-order valence-corrected chi connectivity index (χ0v) is 13.5. The summed E-state index contributed by atoms with van der Waals surface area (Å²) in [6, 6.07) is 9.34. The molecule has 0 amide bonds. The molecular formula is C17H15F2N3S. The van der Waals surface area contributed by atoms with Crippen LogP contribution in [0.1, 0.15) is 16.7 Å². The van der Waals surface area contributed by atoms with Crippen molar-refractivity contribution >= 4 is 28.3 Å². The number of amidine groups is 1. The standard InChI is InChI=1S/C17H15F2N3S/c1-10-4-3-5-11(2)16(10)20-17-22-21-15(9-23-17)13-8-12(18)6-7-14(13)19/h3-8H,9H2,1-2H3,(H,20,22). The van der Waals surface area contributed by atoms with E-state index in [0.717, 1.165) is 35.0 Å². The smallest absolute Gasteiger partial charge is 0.182 e. The van der Waals surface area contributed by atoms with Gasteiger partial charge in [-0.05, 0) is 43.2 Å². The second-order valence-corrected chi connectivity index (χ2v) is 6.20. The lowest BCUT2D eigenvalue weighted by atomic mass is 10.1. The highest BCUT2D eigenvalue weighted by Gasteiger charge is 2.17. The second kappa shape index (κ2) is 6.50. The van der Waals surface area contributed by atoms with Crippen molar-refractivity contribution in [3.8, 4) is 0 Å². The molecule has 0 spiro atoms. The first-order valence-electron chi connectivity index (χ1n) is 7.10. The lowest BCUT2D eigenvalue weighted by Crippen LogP contribution is -2.26. The van der Waals surface area contributed by atoms with Crippen molar-refractivity contribution in [2.75, 3.05) is 5.75 Å². The van der Waals surface area contributed by atoms with E-state index < -0.39 is 11.6 Å². The molecule has 0 aliphatic carbocycles. The molecule has 0 radical (unpaired) electrons. The number of aryl methyl sites for hydroxylation is 2. The Morgan fingerprint density at radius 2 is 1.87 bits per heavy atom. The topological polar surface area (TPSA) is 36.8 Å². The normalized spacial score (nSPS) is 16.2. The Kier molecular flexibility index (Phi) is 4.43. The first-order chi connectivity index (χ1) is 11.0. The summed E-state index contributed by atoms with van der Waals surface area (Å²) < 4.78 is 27.1. The van der Waals surface area contributed by atoms with Crippen LogP contribution in [-0.4, -0.2) is 16.6 Å². The fourth-order valence-electron chi connectivity index (χ4n) is 2.31. The molecule has 2 aromatic rings. The van der Waals surface area contributed by atoms with Gasteiger partial charge in [0.2, 0.25) is 0 Å². The molecule has 0 fully saturated rings. The number of hydrazone groups is 1. The summed E-state index contributed by atoms with van der Waals surface area (Å²) in [5.74, 6) is -0.538. The lowest BCUT2D eigenvalue weighted by molar-refractivity contribution is 0.598. The van der Waals surface area contributed by atoms with Gasteiger partial charge in [0.1, 0.15) is 11.6 Å². The summed E-state index contributed by atoms with van der Waals surface area (Å²) in [7, 11) is 0. The summed E-state index contributed by atoms with van der Waals surface area (Å²) >= 11 is 1.41. The summed E-state index contributed by atoms with van der Waals surface area (Å²) in [4.78, 5) is 4.58. The molecule has 3 nitrogen and oxygen atoms in total. The molecule has 0 saturated carbocycles. The Hall–Kier alpha value is -2.21. The molecule has 0 bridgehead atoms. The van der Waals surface area contributed by atoms with Crippen molar-refractivity contribution < 1.29 is 8.78 Å². The number of benzene rings is 2. The van der Waals surface area contributed by atoms with E-state index in [4.69, 9.17) is 0 Å². The van der Waals surface area contributed by atoms with Crippen molar-refractivity contribution in [2.45, 2.75) is 13.8 Å². The quantitative estimate of drug-likeness (QED) is 0.890. The molecule has 2 aromatic carbocycles. The van der Waals surface area contributed by atoms with E-state index >= 15 is 0 Å². The Morgan fingerprint density at radius 1 is 1.13 bits per heavy atom. The maximum Gasteiger partial charge on any atom is 0.182 e. The van der Waals surface area contributed by atoms with E-state index in [9.17, 15) is 8.78 Å². The molecule has 6 heteroatoms. The largest absolute Gasteiger partial charge is 0.255 e. The average molecular weight is 331 g/mol. The van der Waals surface area contributed by atoms with Crippen molar-refractivity contribution in [1.82, 2.24) is 5.43 Å². The third kappa shape index (κ3) is 3.42. The van der Waals surface area contributed by atoms with E-state index in [0.29, 0.717) is 16.6 Å². The maximum absolute atomic E-state index is 13.8. The number of para-hydroxylation sites is 1. The minimum Gasteiger partial charge on any atom is -0.255 e. The number of halogens is 2. The van der Waals surface area contributed by atoms with Gasteiger partial charge >= 0.3 is 0 Å². The van der Waals surface area contributed by atoms with Crippen molar-refractivity contribution in [1.29, 1.82) is 0 Å². The lowest BCUT2D eigenvalue weighted by Gasteiger charge is -2.16. The van der Waals surface area contributed by atoms with Crippen LogP contribution in [0.3, 0.4) is 0 Å². The van der Waals surface area contributed by atoms with Crippen molar-refractivity contribution in [2.24, 2.45) is 10.1 Å². The van der Waals surface area contributed by atoms with Gasteiger partial charge in [-0.25, -0.2) is 13.8 Å². The predicted octanol–water partition coefficient (Wildman–Crippen LogP) is 4.31. The monoisotopic (exact) mass is 331 g/mol. The van der Waals surface area contributed by atoms with Crippen LogP contribution in [0.4, 0.5) is 14.5 Å². The highest BCUT2D eigenvalue weighted by molar-refractivity contribution is 8.14. The van der Waals surface area contributed by atoms with Gasteiger partial charge < -0.3 is 0 Å². The first-order valence-corrected chi connectivity index (χ1v) is 8.09. The highest BCUT2D eigenvalue weighted by atomic mass is 32.2. The zero-order valence-electron chi connectivity index (χ0n) is 12.7. The minimum absolute atomic E-state index is 0.177. The van der Waals surface area contributed by atoms with Crippen LogP contribution in [0.15, 0.2) is 46.5 Å². The molecule has 23 heavy (non-hydrogen) atoms. The van der Waals surface area contributed by atoms with Gasteiger partial charge in [0.05, 0.1) is 11.4 Å². The van der Waals surface area contributed by atoms with Crippen molar-refractivity contribution in [3.05, 3.63) is 64.7 Å². The molecule has 0 saturated heterocycles. The maximum atomic E-state index is 13.8. The molecule has 118 valence electrons. The summed E-state index contributed by atoms with van der Waals surface area (Å²) in [5.41, 5.74) is 6.52. The van der Waals surface area contributed by atoms with E-state index in [1.807, 2.05) is 32.0 Å². The number of aliphatic imine (C=N–C) groups is 1. The van der Waals surface area contributed by atoms with Gasteiger partial charge in [-0.2, -0.15) is 5.10 Å². The number of nitrogens with one attached hydrogen (secondary N) is 1. The predicted molar refractivity (Wildman–Crippen MR) is 91.5 cm³/mol. The average Bonchev–Trinajstić information content (AvgIpc) is 2.54. The molecule has 1 N–H and O–H groups in total. The molecule has 1 aliphatic heterocycles. The van der Waals surface area contributed by atoms with Gasteiger partial charge in [0, 0.05) is 11.3 Å². The molecule has 3 rings (SSSR count). The Morgan fingerprint density at radius 3 is 2.52 bits per heavy atom. The summed E-state index contributed by atoms with van der Waals surface area (Å²) in [6.45, 7) is 3.99. The van der Waals surface area contributed by atoms with Crippen LogP contribution < -0.4 is 5.43 Å². The van der Waals surface area contributed by atoms with Gasteiger partial charge in [-0.3, -0.25) is 5.43 Å². The molecule has 0 unspecified atom stereocenters. The van der Waals surface area contributed by atoms with Gasteiger partial charge in [0.15, 0.2) is 5.17 Å². The van der Waals surface area contributed by atoms with E-state index in [1.165, 1.54) is 11.8 Å². The van der Waals surface area contributed by atoms with E-state index in [2.05, 4.69) is 15.5 Å². The number of thioether (sulfide) groups is 1. The van der Waals surface area contributed by atoms with Gasteiger partial charge in [-0.15, -0.1) is 0 Å². The Labute approximate surface area is 137 Å². The van der Waals surface area contributed by atoms with E-state index in [-0.39, 0.29) is 5.56 Å². The molecule has 0 aromatic heterocycles. The van der Waals surface area contributed by atoms with Crippen LogP contribution in [0.5, 0.6) is 0 Å². The molecule has 1 heterocycles. The van der Waals surface area contributed by atoms with Gasteiger partial charge in [0.25, 0.3) is 0 Å². The Bertz CT molecular complexity index is 795. The molecule has 1 aliphatic rings. The fourth-order valence-corrected chi connectivity index (χ4v) is 3.07. The van der Waals surface area contributed by atoms with Crippen molar-refractivity contribution in [3.63, 3.8) is 0 Å². The third-order valence-electron chi connectivity index (χ3n) is 3.52. The van der Waals surface area contributed by atoms with E-state index in [1.54, 1.807) is 0 Å². The molecule has 0 atom stereocenters. The minimum atomic E-state index is -0.484. The van der Waals surface area contributed by atoms with Crippen LogP contribution in [0.25, 0.3) is 0 Å². The second-order valence-electron chi connectivity index (χ2n) is 5.24. The third-order valence-corrected chi connectivity index (χ3v) is 4.40. The van der Waals surface area contributed by atoms with Crippen LogP contribution in [-0.2, 0) is 0 Å². The molecular weight excluding hydrogens is 316 g/mol. The Balaban J connectivity index is 1.86. The fraction of sp³-hybridized carbons (Fsp3) is 0.176. The number of nitrogens with zero attached hydrogens (tertiary/aromatic N) is 2. The highest BCUT2D eigenvalue weighted by Crippen LogP contribution is 2.25.